The Balaban J connectivity index is 1.52. The van der Waals surface area contributed by atoms with Gasteiger partial charge in [0.25, 0.3) is 5.91 Å². The van der Waals surface area contributed by atoms with Gasteiger partial charge in [0.2, 0.25) is 0 Å². The summed E-state index contributed by atoms with van der Waals surface area (Å²) >= 11 is 0. The summed E-state index contributed by atoms with van der Waals surface area (Å²) in [6.45, 7) is 4.00. The molecule has 3 aliphatic carbocycles. The number of fused-ring (bicyclic) bond motifs is 1. The number of ether oxygens (including phenoxy) is 1. The van der Waals surface area contributed by atoms with Gasteiger partial charge < -0.3 is 14.7 Å². The standard InChI is InChI=1S/C32H28F3NO4/c1-18(21-7-5-6-10-26(21)40-2)29(37)36-17-31(30(38)39)25-16-15-24(22-8-3-4-9-23(22)25)27(31)28(36)19-11-13-20(14-12-19)32(33,34)35/h3-14,24-25,27-28H,1,15-17H2,2H3,(H,38,39)/t24-,25?,27?,28?,31?/m0/s1. The van der Waals surface area contributed by atoms with E-state index in [0.29, 0.717) is 23.3 Å². The summed E-state index contributed by atoms with van der Waals surface area (Å²) in [6, 6.07) is 18.8. The predicted octanol–water partition coefficient (Wildman–Crippen LogP) is 6.67. The van der Waals surface area contributed by atoms with Crippen molar-refractivity contribution in [3.8, 4) is 5.75 Å². The number of methoxy groups -OCH3 is 1. The predicted molar refractivity (Wildman–Crippen MR) is 143 cm³/mol. The molecule has 0 radical (unpaired) electrons. The molecule has 0 spiro atoms. The van der Waals surface area contributed by atoms with E-state index >= 15 is 0 Å². The van der Waals surface area contributed by atoms with Gasteiger partial charge in [-0.3, -0.25) is 9.59 Å². The highest BCUT2D eigenvalue weighted by atomic mass is 19.4. The fraction of sp³-hybridized carbons (Fsp3) is 0.312. The first-order valence-electron chi connectivity index (χ1n) is 13.2. The number of carbonyl (C=O) groups is 2. The van der Waals surface area contributed by atoms with Crippen molar-refractivity contribution in [2.24, 2.45) is 11.3 Å². The fourth-order valence-electron chi connectivity index (χ4n) is 7.61. The molecule has 7 rings (SSSR count). The Morgan fingerprint density at radius 2 is 1.62 bits per heavy atom. The molecule has 5 atom stereocenters. The van der Waals surface area contributed by atoms with E-state index in [1.807, 2.05) is 24.3 Å². The molecule has 206 valence electrons. The van der Waals surface area contributed by atoms with Crippen LogP contribution in [-0.4, -0.2) is 35.5 Å². The maximum absolute atomic E-state index is 14.2. The van der Waals surface area contributed by atoms with Gasteiger partial charge in [-0.2, -0.15) is 13.2 Å². The third-order valence-corrected chi connectivity index (χ3v) is 9.22. The highest BCUT2D eigenvalue weighted by Gasteiger charge is 2.69. The van der Waals surface area contributed by atoms with Crippen LogP contribution in [-0.2, 0) is 15.8 Å². The Morgan fingerprint density at radius 1 is 0.975 bits per heavy atom. The van der Waals surface area contributed by atoms with Crippen LogP contribution in [0.15, 0.2) is 79.4 Å². The SMILES string of the molecule is C=C(C(=O)N1CC2(C(=O)O)C3CC[C@@H](c4ccccc43)C2C1c1ccc(C(F)(F)F)cc1)c1ccccc1OC. The van der Waals surface area contributed by atoms with Crippen molar-refractivity contribution in [2.45, 2.75) is 36.9 Å². The first kappa shape index (κ1) is 26.2. The van der Waals surface area contributed by atoms with Crippen molar-refractivity contribution >= 4 is 17.4 Å². The lowest BCUT2D eigenvalue weighted by atomic mass is 9.48. The van der Waals surface area contributed by atoms with Crippen LogP contribution in [0.4, 0.5) is 13.2 Å². The zero-order chi connectivity index (χ0) is 28.4. The minimum Gasteiger partial charge on any atom is -0.496 e. The molecule has 0 aromatic heterocycles. The number of aliphatic carboxylic acids is 1. The van der Waals surface area contributed by atoms with Gasteiger partial charge in [-0.25, -0.2) is 0 Å². The molecule has 1 amide bonds. The number of rotatable bonds is 5. The Bertz CT molecular complexity index is 1520. The van der Waals surface area contributed by atoms with E-state index in [2.05, 4.69) is 6.58 Å². The molecular weight excluding hydrogens is 519 g/mol. The van der Waals surface area contributed by atoms with Gasteiger partial charge in [-0.15, -0.1) is 0 Å². The van der Waals surface area contributed by atoms with E-state index in [0.717, 1.165) is 29.7 Å². The Kier molecular flexibility index (Phi) is 6.05. The second-order valence-corrected chi connectivity index (χ2v) is 10.9. The molecule has 40 heavy (non-hydrogen) atoms. The zero-order valence-corrected chi connectivity index (χ0v) is 21.8. The summed E-state index contributed by atoms with van der Waals surface area (Å²) in [5, 5.41) is 10.9. The van der Waals surface area contributed by atoms with Gasteiger partial charge in [-0.05, 0) is 53.6 Å². The minimum absolute atomic E-state index is 0.0683. The second-order valence-electron chi connectivity index (χ2n) is 10.9. The summed E-state index contributed by atoms with van der Waals surface area (Å²) in [5.74, 6) is -2.02. The number of para-hydroxylation sites is 1. The summed E-state index contributed by atoms with van der Waals surface area (Å²) < 4.78 is 45.7. The number of alkyl halides is 3. The van der Waals surface area contributed by atoms with Crippen LogP contribution in [0, 0.1) is 11.3 Å². The van der Waals surface area contributed by atoms with E-state index in [4.69, 9.17) is 4.74 Å². The van der Waals surface area contributed by atoms with Gasteiger partial charge in [-0.1, -0.05) is 61.2 Å². The monoisotopic (exact) mass is 547 g/mol. The molecule has 2 bridgehead atoms. The summed E-state index contributed by atoms with van der Waals surface area (Å²) in [6.07, 6.45) is -3.11. The van der Waals surface area contributed by atoms with Crippen LogP contribution >= 0.6 is 0 Å². The number of halogens is 3. The first-order chi connectivity index (χ1) is 19.1. The van der Waals surface area contributed by atoms with Crippen LogP contribution in [0.3, 0.4) is 0 Å². The van der Waals surface area contributed by atoms with Crippen LogP contribution in [0.2, 0.25) is 0 Å². The second kappa shape index (κ2) is 9.25. The lowest BCUT2D eigenvalue weighted by Gasteiger charge is -2.53. The average Bonchev–Trinajstić information content (AvgIpc) is 3.35. The molecule has 1 aliphatic heterocycles. The molecule has 2 fully saturated rings. The summed E-state index contributed by atoms with van der Waals surface area (Å²) in [5.41, 5.74) is 1.06. The molecule has 1 saturated carbocycles. The molecule has 3 aromatic carbocycles. The number of carboxylic acid groups (broad SMARTS) is 1. The van der Waals surface area contributed by atoms with Gasteiger partial charge in [0.1, 0.15) is 5.75 Å². The average molecular weight is 548 g/mol. The van der Waals surface area contributed by atoms with E-state index < -0.39 is 41.0 Å². The number of carbonyl (C=O) groups excluding carboxylic acids is 1. The number of amides is 1. The number of carboxylic acids is 1. The van der Waals surface area contributed by atoms with Gasteiger partial charge in [0, 0.05) is 29.5 Å². The highest BCUT2D eigenvalue weighted by molar-refractivity contribution is 6.19. The molecule has 1 saturated heterocycles. The van der Waals surface area contributed by atoms with Crippen LogP contribution in [0.5, 0.6) is 5.75 Å². The molecule has 3 aromatic rings. The molecule has 1 N–H and O–H groups in total. The Labute approximate surface area is 229 Å². The van der Waals surface area contributed by atoms with Crippen molar-refractivity contribution < 1.29 is 32.6 Å². The van der Waals surface area contributed by atoms with Gasteiger partial charge >= 0.3 is 12.1 Å². The Morgan fingerprint density at radius 3 is 2.27 bits per heavy atom. The molecule has 4 aliphatic rings. The maximum Gasteiger partial charge on any atom is 0.416 e. The lowest BCUT2D eigenvalue weighted by Crippen LogP contribution is -2.52. The normalized spacial score (nSPS) is 26.6. The number of hydrogen-bond donors (Lipinski definition) is 1. The molecule has 1 heterocycles. The third kappa shape index (κ3) is 3.68. The molecule has 5 nitrogen and oxygen atoms in total. The van der Waals surface area contributed by atoms with Crippen LogP contribution in [0.25, 0.3) is 5.57 Å². The molecule has 4 unspecified atom stereocenters. The van der Waals surface area contributed by atoms with E-state index in [1.54, 1.807) is 24.3 Å². The largest absolute Gasteiger partial charge is 0.496 e. The third-order valence-electron chi connectivity index (χ3n) is 9.22. The van der Waals surface area contributed by atoms with Crippen molar-refractivity contribution in [1.82, 2.24) is 4.90 Å². The number of likely N-dealkylation sites (tertiary alicyclic amines) is 1. The van der Waals surface area contributed by atoms with Gasteiger partial charge in [0.15, 0.2) is 0 Å². The van der Waals surface area contributed by atoms with E-state index in [1.165, 1.54) is 24.1 Å². The first-order valence-corrected chi connectivity index (χ1v) is 13.2. The number of hydrogen-bond acceptors (Lipinski definition) is 3. The van der Waals surface area contributed by atoms with E-state index in [-0.39, 0.29) is 24.0 Å². The lowest BCUT2D eigenvalue weighted by molar-refractivity contribution is -0.156. The zero-order valence-electron chi connectivity index (χ0n) is 21.8. The van der Waals surface area contributed by atoms with Crippen molar-refractivity contribution in [2.75, 3.05) is 13.7 Å². The topological polar surface area (TPSA) is 66.8 Å². The quantitative estimate of drug-likeness (QED) is 0.362. The van der Waals surface area contributed by atoms with Crippen molar-refractivity contribution in [3.05, 3.63) is 107 Å². The minimum atomic E-state index is -4.52. The van der Waals surface area contributed by atoms with Crippen LogP contribution < -0.4 is 4.74 Å². The Hall–Kier alpha value is -4.07. The fourth-order valence-corrected chi connectivity index (χ4v) is 7.61. The van der Waals surface area contributed by atoms with E-state index in [9.17, 15) is 27.9 Å². The van der Waals surface area contributed by atoms with Crippen LogP contribution in [0.1, 0.15) is 58.5 Å². The van der Waals surface area contributed by atoms with Gasteiger partial charge in [0.05, 0.1) is 24.1 Å². The van der Waals surface area contributed by atoms with Crippen molar-refractivity contribution in [1.29, 1.82) is 0 Å². The molecule has 8 heteroatoms. The number of nitrogens with zero attached hydrogens (tertiary/aromatic N) is 1. The highest BCUT2D eigenvalue weighted by Crippen LogP contribution is 2.69. The molecular formula is C32H28F3NO4. The van der Waals surface area contributed by atoms with Crippen molar-refractivity contribution in [3.63, 3.8) is 0 Å². The summed E-state index contributed by atoms with van der Waals surface area (Å²) in [4.78, 5) is 29.1. The summed E-state index contributed by atoms with van der Waals surface area (Å²) in [7, 11) is 1.49. The smallest absolute Gasteiger partial charge is 0.416 e. The number of benzene rings is 3. The maximum atomic E-state index is 14.2.